The van der Waals surface area contributed by atoms with Crippen LogP contribution in [0, 0.1) is 11.8 Å². The number of hydrogen-bond donors (Lipinski definition) is 0. The third-order valence-electron chi connectivity index (χ3n) is 4.86. The van der Waals surface area contributed by atoms with E-state index in [9.17, 15) is 0 Å². The number of nitrogens with zero attached hydrogens (tertiary/aromatic N) is 2. The van der Waals surface area contributed by atoms with E-state index in [1.54, 1.807) is 11.4 Å². The number of rotatable bonds is 2. The van der Waals surface area contributed by atoms with Crippen LogP contribution in [0.5, 0.6) is 0 Å². The molecule has 0 spiro atoms. The Labute approximate surface area is 155 Å². The van der Waals surface area contributed by atoms with Gasteiger partial charge in [0.25, 0.3) is 0 Å². The highest BCUT2D eigenvalue weighted by Gasteiger charge is 2.46. The predicted molar refractivity (Wildman–Crippen MR) is 114 cm³/mol. The smallest absolute Gasteiger partial charge is 0.0383 e. The Hall–Kier alpha value is -0.660. The minimum atomic E-state index is 0. The molecule has 24 heavy (non-hydrogen) atoms. The maximum atomic E-state index is 2.62. The largest absolute Gasteiger partial charge is 0.370 e. The van der Waals surface area contributed by atoms with Gasteiger partial charge in [-0.1, -0.05) is 69.2 Å². The zero-order valence-corrected chi connectivity index (χ0v) is 17.0. The first-order chi connectivity index (χ1) is 10.4. The molecule has 0 aromatic heterocycles. The molecule has 0 N–H and O–H groups in total. The third kappa shape index (κ3) is 5.70. The Morgan fingerprint density at radius 1 is 0.583 bits per heavy atom. The summed E-state index contributed by atoms with van der Waals surface area (Å²) in [6, 6.07) is 1.36. The van der Waals surface area contributed by atoms with Crippen LogP contribution >= 0.6 is 0 Å². The molecule has 0 aromatic rings. The van der Waals surface area contributed by atoms with Crippen LogP contribution in [-0.4, -0.2) is 35.0 Å². The normalized spacial score (nSPS) is 27.2. The van der Waals surface area contributed by atoms with Gasteiger partial charge in [0.1, 0.15) is 0 Å². The van der Waals surface area contributed by atoms with Crippen molar-refractivity contribution in [3.8, 4) is 0 Å². The van der Waals surface area contributed by atoms with Gasteiger partial charge in [-0.25, -0.2) is 0 Å². The quantitative estimate of drug-likeness (QED) is 0.532. The van der Waals surface area contributed by atoms with Gasteiger partial charge in [0, 0.05) is 48.4 Å². The molecule has 4 atom stereocenters. The lowest BCUT2D eigenvalue weighted by atomic mass is 10.0. The van der Waals surface area contributed by atoms with Crippen LogP contribution < -0.4 is 0 Å². The van der Waals surface area contributed by atoms with Crippen molar-refractivity contribution < 1.29 is 0 Å². The lowest BCUT2D eigenvalue weighted by molar-refractivity contribution is 0.183. The van der Waals surface area contributed by atoms with Crippen molar-refractivity contribution in [3.63, 3.8) is 0 Å². The van der Waals surface area contributed by atoms with Crippen molar-refractivity contribution in [2.45, 2.75) is 109 Å². The molecule has 0 aliphatic carbocycles. The predicted octanol–water partition coefficient (Wildman–Crippen LogP) is 7.02. The van der Waals surface area contributed by atoms with Crippen molar-refractivity contribution in [2.75, 3.05) is 13.1 Å². The molecule has 2 heteroatoms. The molecule has 2 aliphatic heterocycles. The lowest BCUT2D eigenvalue weighted by Crippen LogP contribution is -2.39. The Kier molecular flexibility index (Phi) is 16.0. The van der Waals surface area contributed by atoms with E-state index in [0.29, 0.717) is 23.9 Å². The molecule has 148 valence electrons. The van der Waals surface area contributed by atoms with E-state index in [1.165, 1.54) is 12.8 Å². The van der Waals surface area contributed by atoms with Crippen LogP contribution in [-0.2, 0) is 0 Å². The van der Waals surface area contributed by atoms with Crippen LogP contribution in [0.4, 0.5) is 0 Å². The second-order valence-electron chi connectivity index (χ2n) is 6.82. The molecule has 2 nitrogen and oxygen atoms in total. The fourth-order valence-electron chi connectivity index (χ4n) is 3.64. The SMILES string of the molecule is C.C.CCC.CCC.CCN1C2=C([C@H](C)[C@@H]1C)N(CC)[C@@H](C)[C@H]2C. The van der Waals surface area contributed by atoms with Gasteiger partial charge < -0.3 is 9.80 Å². The highest BCUT2D eigenvalue weighted by molar-refractivity contribution is 5.31. The van der Waals surface area contributed by atoms with E-state index >= 15 is 0 Å². The van der Waals surface area contributed by atoms with Gasteiger partial charge in [-0.3, -0.25) is 0 Å². The minimum Gasteiger partial charge on any atom is -0.370 e. The van der Waals surface area contributed by atoms with Crippen LogP contribution in [0.25, 0.3) is 0 Å². The average Bonchev–Trinajstić information content (AvgIpc) is 2.87. The first-order valence-corrected chi connectivity index (χ1v) is 9.64. The Morgan fingerprint density at radius 2 is 0.792 bits per heavy atom. The van der Waals surface area contributed by atoms with Crippen molar-refractivity contribution >= 4 is 0 Å². The van der Waals surface area contributed by atoms with Crippen molar-refractivity contribution in [3.05, 3.63) is 11.4 Å². The van der Waals surface area contributed by atoms with Crippen LogP contribution in [0.1, 0.15) is 96.9 Å². The molecule has 0 aromatic carbocycles. The van der Waals surface area contributed by atoms with E-state index in [2.05, 4.69) is 79.0 Å². The van der Waals surface area contributed by atoms with E-state index in [-0.39, 0.29) is 14.9 Å². The minimum absolute atomic E-state index is 0. The molecule has 0 saturated carbocycles. The summed E-state index contributed by atoms with van der Waals surface area (Å²) in [6.45, 7) is 24.9. The molecule has 0 radical (unpaired) electrons. The summed E-state index contributed by atoms with van der Waals surface area (Å²) in [5.41, 5.74) is 3.27. The van der Waals surface area contributed by atoms with Gasteiger partial charge >= 0.3 is 0 Å². The third-order valence-corrected chi connectivity index (χ3v) is 4.86. The molecule has 2 heterocycles. The lowest BCUT2D eigenvalue weighted by Gasteiger charge is -2.35. The molecule has 0 bridgehead atoms. The van der Waals surface area contributed by atoms with Crippen molar-refractivity contribution in [1.82, 2.24) is 9.80 Å². The van der Waals surface area contributed by atoms with Crippen LogP contribution in [0.15, 0.2) is 11.4 Å². The van der Waals surface area contributed by atoms with Gasteiger partial charge in [-0.05, 0) is 27.7 Å². The van der Waals surface area contributed by atoms with E-state index in [4.69, 9.17) is 0 Å². The zero-order valence-electron chi connectivity index (χ0n) is 17.0. The molecule has 0 saturated heterocycles. The topological polar surface area (TPSA) is 6.48 Å². The zero-order chi connectivity index (χ0) is 17.4. The standard InChI is InChI=1S/C14H26N2.2C3H8.2CH4/c1-7-15-11(5)9(3)14-13(15)10(4)12(6)16(14)8-2;2*1-3-2;;/h9-12H,7-8H2,1-6H3;2*3H2,1-2H3;2*1H4/t9-,10-,11+,12+;;;;/m1..../s1. The summed E-state index contributed by atoms with van der Waals surface area (Å²) in [5, 5.41) is 0. The van der Waals surface area contributed by atoms with Gasteiger partial charge in [0.2, 0.25) is 0 Å². The number of hydrogen-bond acceptors (Lipinski definition) is 2. The van der Waals surface area contributed by atoms with Gasteiger partial charge in [-0.2, -0.15) is 0 Å². The monoisotopic (exact) mass is 342 g/mol. The van der Waals surface area contributed by atoms with Crippen LogP contribution in [0.3, 0.4) is 0 Å². The second kappa shape index (κ2) is 13.6. The molecule has 0 fully saturated rings. The van der Waals surface area contributed by atoms with Gasteiger partial charge in [0.05, 0.1) is 0 Å². The molecule has 0 amide bonds. The highest BCUT2D eigenvalue weighted by atomic mass is 15.3. The molecule has 0 unspecified atom stereocenters. The summed E-state index contributed by atoms with van der Waals surface area (Å²) in [7, 11) is 0. The second-order valence-corrected chi connectivity index (χ2v) is 6.82. The van der Waals surface area contributed by atoms with Crippen molar-refractivity contribution in [1.29, 1.82) is 0 Å². The molecule has 2 rings (SSSR count). The first kappa shape index (κ1) is 28.2. The average molecular weight is 343 g/mol. The summed E-state index contributed by atoms with van der Waals surface area (Å²) < 4.78 is 0. The fourth-order valence-corrected chi connectivity index (χ4v) is 3.64. The van der Waals surface area contributed by atoms with Gasteiger partial charge in [0.15, 0.2) is 0 Å². The molecular formula is C22H50N2. The van der Waals surface area contributed by atoms with Gasteiger partial charge in [-0.15, -0.1) is 0 Å². The fraction of sp³-hybridized carbons (Fsp3) is 0.909. The summed E-state index contributed by atoms with van der Waals surface area (Å²) >= 11 is 0. The van der Waals surface area contributed by atoms with E-state index in [1.807, 2.05) is 0 Å². The maximum Gasteiger partial charge on any atom is 0.0383 e. The van der Waals surface area contributed by atoms with Crippen molar-refractivity contribution in [2.24, 2.45) is 11.8 Å². The summed E-state index contributed by atoms with van der Waals surface area (Å²) in [6.07, 6.45) is 2.50. The molecular weight excluding hydrogens is 292 g/mol. The Balaban J connectivity index is -0.000000486. The Bertz CT molecular complexity index is 303. The van der Waals surface area contributed by atoms with Crippen LogP contribution in [0.2, 0.25) is 0 Å². The van der Waals surface area contributed by atoms with E-state index in [0.717, 1.165) is 13.1 Å². The molecule has 2 aliphatic rings. The Morgan fingerprint density at radius 3 is 0.958 bits per heavy atom. The first-order valence-electron chi connectivity index (χ1n) is 9.64. The summed E-state index contributed by atoms with van der Waals surface area (Å²) in [4.78, 5) is 5.24. The summed E-state index contributed by atoms with van der Waals surface area (Å²) in [5.74, 6) is 1.39. The maximum absolute atomic E-state index is 2.62. The highest BCUT2D eigenvalue weighted by Crippen LogP contribution is 2.46. The van der Waals surface area contributed by atoms with E-state index < -0.39 is 0 Å².